The number of ether oxygens (including phenoxy) is 1. The van der Waals surface area contributed by atoms with Gasteiger partial charge in [-0.05, 0) is 34.0 Å². The first-order valence-corrected chi connectivity index (χ1v) is 8.42. The van der Waals surface area contributed by atoms with E-state index in [2.05, 4.69) is 10.1 Å². The zero-order chi connectivity index (χ0) is 19.3. The van der Waals surface area contributed by atoms with Gasteiger partial charge in [-0.2, -0.15) is 13.2 Å². The van der Waals surface area contributed by atoms with Crippen LogP contribution in [0.15, 0.2) is 66.7 Å². The molecule has 6 heteroatoms. The molecule has 3 aromatic carbocycles. The maximum atomic E-state index is 12.1. The van der Waals surface area contributed by atoms with Crippen LogP contribution >= 0.6 is 0 Å². The van der Waals surface area contributed by atoms with Gasteiger partial charge in [-0.15, -0.1) is 0 Å². The lowest BCUT2D eigenvalue weighted by Gasteiger charge is -2.10. The molecule has 0 aliphatic rings. The highest BCUT2D eigenvalue weighted by molar-refractivity contribution is 5.85. The lowest BCUT2D eigenvalue weighted by molar-refractivity contribution is -0.153. The van der Waals surface area contributed by atoms with Gasteiger partial charge in [0.05, 0.1) is 6.42 Å². The molecular formula is C21H18F3NO2. The molecule has 0 saturated heterocycles. The van der Waals surface area contributed by atoms with Crippen LogP contribution in [0.25, 0.3) is 10.8 Å². The first kappa shape index (κ1) is 18.8. The number of rotatable bonds is 6. The zero-order valence-electron chi connectivity index (χ0n) is 14.4. The molecule has 0 aliphatic heterocycles. The van der Waals surface area contributed by atoms with Crippen molar-refractivity contribution in [2.75, 3.05) is 6.61 Å². The smallest absolute Gasteiger partial charge is 0.422 e. The van der Waals surface area contributed by atoms with Crippen LogP contribution in [-0.4, -0.2) is 18.7 Å². The van der Waals surface area contributed by atoms with Crippen molar-refractivity contribution >= 4 is 16.7 Å². The van der Waals surface area contributed by atoms with Crippen molar-refractivity contribution in [2.45, 2.75) is 19.1 Å². The van der Waals surface area contributed by atoms with Crippen LogP contribution < -0.4 is 10.1 Å². The van der Waals surface area contributed by atoms with Gasteiger partial charge in [-0.1, -0.05) is 54.6 Å². The quantitative estimate of drug-likeness (QED) is 0.684. The molecule has 0 radical (unpaired) electrons. The summed E-state index contributed by atoms with van der Waals surface area (Å²) < 4.78 is 41.0. The van der Waals surface area contributed by atoms with Crippen molar-refractivity contribution in [3.8, 4) is 5.75 Å². The summed E-state index contributed by atoms with van der Waals surface area (Å²) in [5.41, 5.74) is 1.70. The van der Waals surface area contributed by atoms with E-state index in [1.807, 2.05) is 42.5 Å². The van der Waals surface area contributed by atoms with Gasteiger partial charge in [0.15, 0.2) is 6.61 Å². The van der Waals surface area contributed by atoms with Gasteiger partial charge in [0.2, 0.25) is 5.91 Å². The van der Waals surface area contributed by atoms with Crippen LogP contribution in [0, 0.1) is 0 Å². The maximum absolute atomic E-state index is 12.1. The zero-order valence-corrected chi connectivity index (χ0v) is 14.4. The van der Waals surface area contributed by atoms with Crippen LogP contribution in [0.2, 0.25) is 0 Å². The Hall–Kier alpha value is -3.02. The minimum atomic E-state index is -4.37. The summed E-state index contributed by atoms with van der Waals surface area (Å²) in [4.78, 5) is 12.1. The number of amides is 1. The molecular weight excluding hydrogens is 355 g/mol. The molecule has 0 unspecified atom stereocenters. The Morgan fingerprint density at radius 3 is 2.26 bits per heavy atom. The molecule has 0 atom stereocenters. The number of alkyl halides is 3. The van der Waals surface area contributed by atoms with Gasteiger partial charge in [0.1, 0.15) is 5.75 Å². The SMILES string of the molecule is O=C(Cc1ccc2ccccc2c1)NCc1ccc(OCC(F)(F)F)cc1. The predicted octanol–water partition coefficient (Wildman–Crippen LogP) is 4.64. The number of carbonyl (C=O) groups excluding carboxylic acids is 1. The minimum Gasteiger partial charge on any atom is -0.484 e. The third-order valence-corrected chi connectivity index (χ3v) is 3.99. The summed E-state index contributed by atoms with van der Waals surface area (Å²) in [6, 6.07) is 20.0. The second kappa shape index (κ2) is 8.12. The third kappa shape index (κ3) is 5.74. The van der Waals surface area contributed by atoms with Crippen LogP contribution in [0.3, 0.4) is 0 Å². The average molecular weight is 373 g/mol. The Morgan fingerprint density at radius 2 is 1.56 bits per heavy atom. The van der Waals surface area contributed by atoms with Gasteiger partial charge in [0, 0.05) is 6.54 Å². The molecule has 0 bridgehead atoms. The summed E-state index contributed by atoms with van der Waals surface area (Å²) in [6.45, 7) is -1.03. The topological polar surface area (TPSA) is 38.3 Å². The average Bonchev–Trinajstić information content (AvgIpc) is 2.65. The van der Waals surface area contributed by atoms with E-state index in [4.69, 9.17) is 0 Å². The normalized spacial score (nSPS) is 11.4. The molecule has 0 aromatic heterocycles. The number of hydrogen-bond donors (Lipinski definition) is 1. The van der Waals surface area contributed by atoms with E-state index < -0.39 is 12.8 Å². The number of hydrogen-bond acceptors (Lipinski definition) is 2. The van der Waals surface area contributed by atoms with Gasteiger partial charge >= 0.3 is 6.18 Å². The molecule has 0 heterocycles. The molecule has 3 rings (SSSR count). The molecule has 1 N–H and O–H groups in total. The number of halogens is 3. The van der Waals surface area contributed by atoms with E-state index in [9.17, 15) is 18.0 Å². The van der Waals surface area contributed by atoms with Gasteiger partial charge in [-0.3, -0.25) is 4.79 Å². The second-order valence-corrected chi connectivity index (χ2v) is 6.18. The fourth-order valence-corrected chi connectivity index (χ4v) is 2.67. The van der Waals surface area contributed by atoms with Crippen molar-refractivity contribution in [3.63, 3.8) is 0 Å². The van der Waals surface area contributed by atoms with Gasteiger partial charge in [0.25, 0.3) is 0 Å². The van der Waals surface area contributed by atoms with Crippen molar-refractivity contribution in [2.24, 2.45) is 0 Å². The van der Waals surface area contributed by atoms with Crippen LogP contribution in [0.5, 0.6) is 5.75 Å². The molecule has 1 amide bonds. The molecule has 3 nitrogen and oxygen atoms in total. The molecule has 27 heavy (non-hydrogen) atoms. The largest absolute Gasteiger partial charge is 0.484 e. The molecule has 0 saturated carbocycles. The highest BCUT2D eigenvalue weighted by atomic mass is 19.4. The molecule has 140 valence electrons. The Kier molecular flexibility index (Phi) is 5.64. The Balaban J connectivity index is 1.51. The van der Waals surface area contributed by atoms with E-state index in [1.165, 1.54) is 12.1 Å². The number of nitrogens with one attached hydrogen (secondary N) is 1. The minimum absolute atomic E-state index is 0.123. The first-order valence-electron chi connectivity index (χ1n) is 8.42. The first-order chi connectivity index (χ1) is 12.9. The highest BCUT2D eigenvalue weighted by Gasteiger charge is 2.28. The molecule has 0 spiro atoms. The van der Waals surface area contributed by atoms with Crippen molar-refractivity contribution in [1.82, 2.24) is 5.32 Å². The van der Waals surface area contributed by atoms with Gasteiger partial charge < -0.3 is 10.1 Å². The van der Waals surface area contributed by atoms with Crippen LogP contribution in [0.1, 0.15) is 11.1 Å². The lowest BCUT2D eigenvalue weighted by Crippen LogP contribution is -2.24. The van der Waals surface area contributed by atoms with Crippen molar-refractivity contribution in [3.05, 3.63) is 77.9 Å². The van der Waals surface area contributed by atoms with Crippen molar-refractivity contribution in [1.29, 1.82) is 0 Å². The van der Waals surface area contributed by atoms with Crippen LogP contribution in [-0.2, 0) is 17.8 Å². The van der Waals surface area contributed by atoms with E-state index >= 15 is 0 Å². The summed E-state index contributed by atoms with van der Waals surface area (Å²) in [6.07, 6.45) is -4.10. The van der Waals surface area contributed by atoms with Crippen LogP contribution in [0.4, 0.5) is 13.2 Å². The number of fused-ring (bicyclic) bond motifs is 1. The third-order valence-electron chi connectivity index (χ3n) is 3.99. The monoisotopic (exact) mass is 373 g/mol. The summed E-state index contributed by atoms with van der Waals surface area (Å²) in [5.74, 6) is 0.0150. The molecule has 0 fully saturated rings. The van der Waals surface area contributed by atoms with E-state index in [1.54, 1.807) is 12.1 Å². The summed E-state index contributed by atoms with van der Waals surface area (Å²) in [7, 11) is 0. The Bertz CT molecular complexity index is 921. The Labute approximate surface area is 154 Å². The second-order valence-electron chi connectivity index (χ2n) is 6.18. The lowest BCUT2D eigenvalue weighted by atomic mass is 10.0. The van der Waals surface area contributed by atoms with Crippen molar-refractivity contribution < 1.29 is 22.7 Å². The van der Waals surface area contributed by atoms with E-state index in [0.717, 1.165) is 21.9 Å². The molecule has 3 aromatic rings. The van der Waals surface area contributed by atoms with Gasteiger partial charge in [-0.25, -0.2) is 0 Å². The summed E-state index contributed by atoms with van der Waals surface area (Å²) >= 11 is 0. The number of benzene rings is 3. The predicted molar refractivity (Wildman–Crippen MR) is 97.5 cm³/mol. The van der Waals surface area contributed by atoms with E-state index in [0.29, 0.717) is 6.54 Å². The van der Waals surface area contributed by atoms with E-state index in [-0.39, 0.29) is 18.1 Å². The number of carbonyl (C=O) groups is 1. The fourth-order valence-electron chi connectivity index (χ4n) is 2.67. The maximum Gasteiger partial charge on any atom is 0.422 e. The fraction of sp³-hybridized carbons (Fsp3) is 0.190. The Morgan fingerprint density at radius 1 is 0.889 bits per heavy atom. The highest BCUT2D eigenvalue weighted by Crippen LogP contribution is 2.19. The standard InChI is InChI=1S/C21H18F3NO2/c22-21(23,24)14-27-19-9-6-15(7-10-19)13-25-20(26)12-16-5-8-17-3-1-2-4-18(17)11-16/h1-11H,12-14H2,(H,25,26). The molecule has 0 aliphatic carbocycles. The summed E-state index contributed by atoms with van der Waals surface area (Å²) in [5, 5.41) is 5.01.